The molecule has 0 spiro atoms. The molecule has 0 aliphatic rings. The fourth-order valence-electron chi connectivity index (χ4n) is 1.80. The van der Waals surface area contributed by atoms with Crippen molar-refractivity contribution in [3.05, 3.63) is 0 Å². The van der Waals surface area contributed by atoms with Crippen LogP contribution in [0.2, 0.25) is 0 Å². The first-order valence-corrected chi connectivity index (χ1v) is 7.13. The van der Waals surface area contributed by atoms with Crippen molar-refractivity contribution in [2.24, 2.45) is 17.6 Å². The van der Waals surface area contributed by atoms with Gasteiger partial charge in [-0.1, -0.05) is 20.8 Å². The van der Waals surface area contributed by atoms with E-state index in [0.29, 0.717) is 0 Å². The molecule has 0 aliphatic heterocycles. The third-order valence-corrected chi connectivity index (χ3v) is 2.94. The molecule has 0 unspecified atom stereocenters. The summed E-state index contributed by atoms with van der Waals surface area (Å²) in [6.07, 6.45) is -0.885. The highest BCUT2D eigenvalue weighted by atomic mass is 16.5. The Balaban J connectivity index is 4.59. The summed E-state index contributed by atoms with van der Waals surface area (Å²) in [4.78, 5) is 34.7. The number of rotatable bonds is 9. The van der Waals surface area contributed by atoms with Gasteiger partial charge in [0.25, 0.3) is 0 Å². The van der Waals surface area contributed by atoms with Crippen molar-refractivity contribution in [1.82, 2.24) is 5.32 Å². The number of primary amides is 1. The fraction of sp³-hybridized carbons (Fsp3) is 0.786. The maximum Gasteiger partial charge on any atom is 0.308 e. The molecular weight excluding hydrogens is 276 g/mol. The molecule has 0 bridgehead atoms. The Kier molecular flexibility index (Phi) is 8.61. The lowest BCUT2D eigenvalue weighted by Gasteiger charge is -2.21. The van der Waals surface area contributed by atoms with Gasteiger partial charge in [0.05, 0.1) is 12.5 Å². The Morgan fingerprint density at radius 3 is 2.19 bits per heavy atom. The van der Waals surface area contributed by atoms with Crippen LogP contribution in [0.3, 0.4) is 0 Å². The molecule has 3 atom stereocenters. The molecule has 21 heavy (non-hydrogen) atoms. The third kappa shape index (κ3) is 7.65. The monoisotopic (exact) mass is 302 g/mol. The lowest BCUT2D eigenvalue weighted by molar-refractivity contribution is -0.148. The largest absolute Gasteiger partial charge is 0.466 e. The average Bonchev–Trinajstić information content (AvgIpc) is 2.36. The minimum Gasteiger partial charge on any atom is -0.466 e. The van der Waals surface area contributed by atoms with Crippen molar-refractivity contribution in [3.63, 3.8) is 0 Å². The molecule has 0 rings (SSSR count). The number of carbonyl (C=O) groups is 3. The average molecular weight is 302 g/mol. The number of aliphatic hydroxyl groups is 1. The van der Waals surface area contributed by atoms with Gasteiger partial charge < -0.3 is 20.9 Å². The van der Waals surface area contributed by atoms with Crippen LogP contribution in [0, 0.1) is 11.8 Å². The molecule has 7 heteroatoms. The second kappa shape index (κ2) is 9.33. The number of carbonyl (C=O) groups excluding carboxylic acids is 3. The van der Waals surface area contributed by atoms with E-state index in [4.69, 9.17) is 10.5 Å². The zero-order valence-electron chi connectivity index (χ0n) is 13.1. The van der Waals surface area contributed by atoms with Gasteiger partial charge >= 0.3 is 5.97 Å². The smallest absolute Gasteiger partial charge is 0.308 e. The van der Waals surface area contributed by atoms with Crippen molar-refractivity contribution < 1.29 is 24.2 Å². The summed E-state index contributed by atoms with van der Waals surface area (Å²) in [5.74, 6) is -2.32. The summed E-state index contributed by atoms with van der Waals surface area (Å²) in [5, 5.41) is 12.1. The summed E-state index contributed by atoms with van der Waals surface area (Å²) in [6, 6.07) is -1.02. The second-order valence-electron chi connectivity index (χ2n) is 5.50. The van der Waals surface area contributed by atoms with Gasteiger partial charge in [-0.3, -0.25) is 14.4 Å². The first kappa shape index (κ1) is 19.4. The summed E-state index contributed by atoms with van der Waals surface area (Å²) in [6.45, 7) is 7.24. The van der Waals surface area contributed by atoms with E-state index in [2.05, 4.69) is 5.32 Å². The summed E-state index contributed by atoms with van der Waals surface area (Å²) < 4.78 is 4.84. The van der Waals surface area contributed by atoms with E-state index in [1.807, 2.05) is 13.8 Å². The maximum atomic E-state index is 11.8. The van der Waals surface area contributed by atoms with Crippen molar-refractivity contribution in [3.8, 4) is 0 Å². The van der Waals surface area contributed by atoms with Crippen molar-refractivity contribution in [2.75, 3.05) is 6.61 Å². The Morgan fingerprint density at radius 2 is 1.76 bits per heavy atom. The number of ether oxygens (including phenoxy) is 1. The quantitative estimate of drug-likeness (QED) is 0.516. The van der Waals surface area contributed by atoms with Crippen LogP contribution in [-0.4, -0.2) is 41.6 Å². The Labute approximate surface area is 125 Å². The van der Waals surface area contributed by atoms with Gasteiger partial charge in [0.1, 0.15) is 12.1 Å². The topological polar surface area (TPSA) is 119 Å². The Hall–Kier alpha value is -1.63. The number of nitrogens with one attached hydrogen (secondary N) is 1. The number of hydrogen-bond donors (Lipinski definition) is 3. The highest BCUT2D eigenvalue weighted by Crippen LogP contribution is 2.10. The predicted molar refractivity (Wildman–Crippen MR) is 77.0 cm³/mol. The van der Waals surface area contributed by atoms with Crippen LogP contribution in [0.4, 0.5) is 0 Å². The molecule has 0 saturated carbocycles. The van der Waals surface area contributed by atoms with Gasteiger partial charge in [-0.2, -0.15) is 0 Å². The van der Waals surface area contributed by atoms with Gasteiger partial charge in [0.15, 0.2) is 0 Å². The van der Waals surface area contributed by atoms with Gasteiger partial charge in [-0.05, 0) is 25.7 Å². The van der Waals surface area contributed by atoms with Gasteiger partial charge in [-0.15, -0.1) is 0 Å². The van der Waals surface area contributed by atoms with Crippen LogP contribution in [-0.2, 0) is 19.1 Å². The maximum absolute atomic E-state index is 11.8. The molecule has 122 valence electrons. The lowest BCUT2D eigenvalue weighted by atomic mass is 10.00. The molecule has 0 radical (unpaired) electrons. The van der Waals surface area contributed by atoms with E-state index in [9.17, 15) is 19.5 Å². The molecule has 4 N–H and O–H groups in total. The number of esters is 1. The molecule has 0 aromatic heterocycles. The van der Waals surface area contributed by atoms with E-state index in [-0.39, 0.29) is 25.4 Å². The molecule has 2 amide bonds. The lowest BCUT2D eigenvalue weighted by Crippen LogP contribution is -2.49. The third-order valence-electron chi connectivity index (χ3n) is 2.94. The molecular formula is C14H26N2O5. The highest BCUT2D eigenvalue weighted by Gasteiger charge is 2.27. The van der Waals surface area contributed by atoms with Crippen LogP contribution < -0.4 is 11.1 Å². The van der Waals surface area contributed by atoms with E-state index in [1.54, 1.807) is 13.8 Å². The number of nitrogens with two attached hydrogens (primary N) is 1. The first-order valence-electron chi connectivity index (χ1n) is 7.13. The normalized spacial score (nSPS) is 15.1. The molecule has 7 nitrogen and oxygen atoms in total. The molecule has 0 aromatic carbocycles. The summed E-state index contributed by atoms with van der Waals surface area (Å²) >= 11 is 0. The van der Waals surface area contributed by atoms with E-state index in [0.717, 1.165) is 0 Å². The molecule has 0 aromatic rings. The minimum absolute atomic E-state index is 0.0360. The molecule has 0 aliphatic carbocycles. The zero-order chi connectivity index (χ0) is 16.6. The van der Waals surface area contributed by atoms with Crippen LogP contribution in [0.25, 0.3) is 0 Å². The summed E-state index contributed by atoms with van der Waals surface area (Å²) in [7, 11) is 0. The second-order valence-corrected chi connectivity index (χ2v) is 5.50. The number of aliphatic hydroxyl groups excluding tert-OH is 1. The Morgan fingerprint density at radius 1 is 1.19 bits per heavy atom. The Bertz CT molecular complexity index is 370. The first-order chi connectivity index (χ1) is 9.68. The van der Waals surface area contributed by atoms with Crippen LogP contribution in [0.15, 0.2) is 0 Å². The SMILES string of the molecule is CCOC(=O)[C@@H](C)C[C@H](NC(=O)[C@@H](O)CC(C)C)C(N)=O. The summed E-state index contributed by atoms with van der Waals surface area (Å²) in [5.41, 5.74) is 5.22. The minimum atomic E-state index is -1.20. The highest BCUT2D eigenvalue weighted by molar-refractivity contribution is 5.88. The predicted octanol–water partition coefficient (Wildman–Crippen LogP) is -0.0472. The van der Waals surface area contributed by atoms with E-state index >= 15 is 0 Å². The van der Waals surface area contributed by atoms with Crippen LogP contribution in [0.1, 0.15) is 40.5 Å². The van der Waals surface area contributed by atoms with Gasteiger partial charge in [0, 0.05) is 0 Å². The zero-order valence-corrected chi connectivity index (χ0v) is 13.1. The van der Waals surface area contributed by atoms with Crippen LogP contribution in [0.5, 0.6) is 0 Å². The van der Waals surface area contributed by atoms with Gasteiger partial charge in [0.2, 0.25) is 11.8 Å². The molecule has 0 fully saturated rings. The van der Waals surface area contributed by atoms with Crippen molar-refractivity contribution in [2.45, 2.75) is 52.7 Å². The number of hydrogen-bond acceptors (Lipinski definition) is 5. The standard InChI is InChI=1S/C14H26N2O5/c1-5-21-14(20)9(4)7-10(12(15)18)16-13(19)11(17)6-8(2)3/h8-11,17H,5-7H2,1-4H3,(H2,15,18)(H,16,19)/t9-,10-,11-/m0/s1. The van der Waals surface area contributed by atoms with Crippen LogP contribution >= 0.6 is 0 Å². The van der Waals surface area contributed by atoms with Gasteiger partial charge in [-0.25, -0.2) is 0 Å². The molecule has 0 heterocycles. The number of amides is 2. The molecule has 0 saturated heterocycles. The van der Waals surface area contributed by atoms with E-state index in [1.165, 1.54) is 0 Å². The fourth-order valence-corrected chi connectivity index (χ4v) is 1.80. The van der Waals surface area contributed by atoms with Crippen molar-refractivity contribution in [1.29, 1.82) is 0 Å². The van der Waals surface area contributed by atoms with Crippen molar-refractivity contribution >= 4 is 17.8 Å². The van der Waals surface area contributed by atoms with E-state index < -0.39 is 35.8 Å².